The highest BCUT2D eigenvalue weighted by Gasteiger charge is 2.23. The summed E-state index contributed by atoms with van der Waals surface area (Å²) in [6.07, 6.45) is 3.11. The predicted octanol–water partition coefficient (Wildman–Crippen LogP) is 3.22. The molecule has 7 nitrogen and oxygen atoms in total. The number of aromatic nitrogens is 2. The van der Waals surface area contributed by atoms with E-state index in [2.05, 4.69) is 20.6 Å². The Hall–Kier alpha value is -3.13. The van der Waals surface area contributed by atoms with E-state index in [1.165, 1.54) is 10.5 Å². The lowest BCUT2D eigenvalue weighted by molar-refractivity contribution is 0.591. The van der Waals surface area contributed by atoms with Crippen molar-refractivity contribution >= 4 is 27.3 Å². The SMILES string of the molecule is CCN(c1ccccc1)S(=O)(=O)c1ccc(NCCNc2ccccn2)nc1. The van der Waals surface area contributed by atoms with E-state index >= 15 is 0 Å². The number of benzene rings is 1. The molecule has 0 aliphatic rings. The molecular formula is C20H23N5O2S. The van der Waals surface area contributed by atoms with Crippen LogP contribution in [0.5, 0.6) is 0 Å². The summed E-state index contributed by atoms with van der Waals surface area (Å²) in [5.74, 6) is 1.42. The number of pyridine rings is 2. The summed E-state index contributed by atoms with van der Waals surface area (Å²) in [6, 6.07) is 18.0. The third-order valence-corrected chi connectivity index (χ3v) is 5.94. The van der Waals surface area contributed by atoms with E-state index in [1.807, 2.05) is 43.3 Å². The van der Waals surface area contributed by atoms with Gasteiger partial charge in [-0.2, -0.15) is 0 Å². The van der Waals surface area contributed by atoms with Gasteiger partial charge in [-0.1, -0.05) is 24.3 Å². The molecule has 0 fully saturated rings. The van der Waals surface area contributed by atoms with Gasteiger partial charge in [0.05, 0.1) is 5.69 Å². The molecule has 0 atom stereocenters. The molecule has 3 rings (SSSR count). The molecule has 2 aromatic heterocycles. The van der Waals surface area contributed by atoms with Crippen LogP contribution in [0.2, 0.25) is 0 Å². The van der Waals surface area contributed by atoms with Gasteiger partial charge in [0.15, 0.2) is 0 Å². The van der Waals surface area contributed by atoms with Crippen molar-refractivity contribution in [2.24, 2.45) is 0 Å². The Kier molecular flexibility index (Phi) is 6.44. The molecule has 2 heterocycles. The third-order valence-electron chi connectivity index (χ3n) is 4.06. The van der Waals surface area contributed by atoms with Crippen LogP contribution < -0.4 is 14.9 Å². The lowest BCUT2D eigenvalue weighted by Gasteiger charge is -2.22. The molecule has 0 radical (unpaired) electrons. The first-order valence-corrected chi connectivity index (χ1v) is 10.5. The van der Waals surface area contributed by atoms with Gasteiger partial charge in [-0.15, -0.1) is 0 Å². The summed E-state index contributed by atoms with van der Waals surface area (Å²) in [7, 11) is -3.66. The summed E-state index contributed by atoms with van der Waals surface area (Å²) < 4.78 is 27.3. The second-order valence-electron chi connectivity index (χ2n) is 5.95. The van der Waals surface area contributed by atoms with E-state index < -0.39 is 10.0 Å². The second-order valence-corrected chi connectivity index (χ2v) is 7.82. The van der Waals surface area contributed by atoms with Crippen LogP contribution in [0.25, 0.3) is 0 Å². The zero-order chi connectivity index (χ0) is 19.8. The molecular weight excluding hydrogens is 374 g/mol. The van der Waals surface area contributed by atoms with E-state index in [9.17, 15) is 8.42 Å². The highest BCUT2D eigenvalue weighted by atomic mass is 32.2. The fourth-order valence-electron chi connectivity index (χ4n) is 2.70. The molecule has 0 spiro atoms. The van der Waals surface area contributed by atoms with Crippen LogP contribution in [0.3, 0.4) is 0 Å². The highest BCUT2D eigenvalue weighted by molar-refractivity contribution is 7.92. The van der Waals surface area contributed by atoms with Gasteiger partial charge >= 0.3 is 0 Å². The first kappa shape index (κ1) is 19.6. The summed E-state index contributed by atoms with van der Waals surface area (Å²) >= 11 is 0. The monoisotopic (exact) mass is 397 g/mol. The first-order chi connectivity index (χ1) is 13.6. The Labute approximate surface area is 165 Å². The van der Waals surface area contributed by atoms with Crippen molar-refractivity contribution in [2.75, 3.05) is 34.6 Å². The van der Waals surface area contributed by atoms with Crippen LogP contribution in [0.4, 0.5) is 17.3 Å². The van der Waals surface area contributed by atoms with Gasteiger partial charge < -0.3 is 10.6 Å². The van der Waals surface area contributed by atoms with Crippen molar-refractivity contribution in [1.29, 1.82) is 0 Å². The molecule has 0 saturated heterocycles. The van der Waals surface area contributed by atoms with Gasteiger partial charge in [-0.05, 0) is 43.3 Å². The number of hydrogen-bond donors (Lipinski definition) is 2. The van der Waals surface area contributed by atoms with Gasteiger partial charge in [0.25, 0.3) is 10.0 Å². The van der Waals surface area contributed by atoms with Gasteiger partial charge in [0, 0.05) is 32.0 Å². The minimum absolute atomic E-state index is 0.162. The van der Waals surface area contributed by atoms with Crippen LogP contribution in [-0.2, 0) is 10.0 Å². The minimum Gasteiger partial charge on any atom is -0.368 e. The van der Waals surface area contributed by atoms with Gasteiger partial charge in [-0.25, -0.2) is 18.4 Å². The van der Waals surface area contributed by atoms with Crippen molar-refractivity contribution in [1.82, 2.24) is 9.97 Å². The molecule has 0 amide bonds. The van der Waals surface area contributed by atoms with E-state index in [-0.39, 0.29) is 4.90 Å². The standard InChI is InChI=1S/C20H23N5O2S/c1-2-25(17-8-4-3-5-9-17)28(26,27)18-11-12-20(24-16-18)23-15-14-22-19-10-6-7-13-21-19/h3-13,16H,2,14-15H2,1H3,(H,21,22)(H,23,24). The van der Waals surface area contributed by atoms with Crippen molar-refractivity contribution in [3.05, 3.63) is 73.1 Å². The number of nitrogens with zero attached hydrogens (tertiary/aromatic N) is 3. The number of rotatable bonds is 9. The summed E-state index contributed by atoms with van der Waals surface area (Å²) in [5.41, 5.74) is 0.632. The van der Waals surface area contributed by atoms with Gasteiger partial charge in [0.1, 0.15) is 16.5 Å². The van der Waals surface area contributed by atoms with Crippen molar-refractivity contribution in [3.63, 3.8) is 0 Å². The molecule has 0 bridgehead atoms. The van der Waals surface area contributed by atoms with E-state index in [0.717, 1.165) is 5.82 Å². The topological polar surface area (TPSA) is 87.2 Å². The number of nitrogens with one attached hydrogen (secondary N) is 2. The molecule has 146 valence electrons. The van der Waals surface area contributed by atoms with Crippen molar-refractivity contribution < 1.29 is 8.42 Å². The zero-order valence-corrected chi connectivity index (χ0v) is 16.4. The minimum atomic E-state index is -3.66. The van der Waals surface area contributed by atoms with Crippen LogP contribution in [0.15, 0.2) is 78.0 Å². The maximum Gasteiger partial charge on any atom is 0.265 e. The van der Waals surface area contributed by atoms with E-state index in [0.29, 0.717) is 31.1 Å². The Bertz CT molecular complexity index is 964. The molecule has 0 unspecified atom stereocenters. The van der Waals surface area contributed by atoms with Crippen molar-refractivity contribution in [3.8, 4) is 0 Å². The molecule has 28 heavy (non-hydrogen) atoms. The summed E-state index contributed by atoms with van der Waals surface area (Å²) in [4.78, 5) is 8.59. The molecule has 3 aromatic rings. The molecule has 2 N–H and O–H groups in total. The molecule has 0 aliphatic heterocycles. The maximum absolute atomic E-state index is 12.9. The number of sulfonamides is 1. The average Bonchev–Trinajstić information content (AvgIpc) is 2.73. The third kappa shape index (κ3) is 4.77. The zero-order valence-electron chi connectivity index (χ0n) is 15.6. The Morgan fingerprint density at radius 2 is 1.54 bits per heavy atom. The number of para-hydroxylation sites is 1. The van der Waals surface area contributed by atoms with Crippen LogP contribution in [0.1, 0.15) is 6.92 Å². The Morgan fingerprint density at radius 1 is 0.857 bits per heavy atom. The molecule has 8 heteroatoms. The van der Waals surface area contributed by atoms with Crippen LogP contribution in [0, 0.1) is 0 Å². The first-order valence-electron chi connectivity index (χ1n) is 9.04. The van der Waals surface area contributed by atoms with E-state index in [1.54, 1.807) is 30.5 Å². The molecule has 0 aliphatic carbocycles. The Balaban J connectivity index is 1.61. The predicted molar refractivity (Wildman–Crippen MR) is 112 cm³/mol. The lowest BCUT2D eigenvalue weighted by Crippen LogP contribution is -2.30. The van der Waals surface area contributed by atoms with Crippen molar-refractivity contribution in [2.45, 2.75) is 11.8 Å². The number of anilines is 3. The number of hydrogen-bond acceptors (Lipinski definition) is 6. The fraction of sp³-hybridized carbons (Fsp3) is 0.200. The lowest BCUT2D eigenvalue weighted by atomic mass is 10.3. The highest BCUT2D eigenvalue weighted by Crippen LogP contribution is 2.23. The van der Waals surface area contributed by atoms with Gasteiger partial charge in [-0.3, -0.25) is 4.31 Å². The van der Waals surface area contributed by atoms with Crippen LogP contribution in [-0.4, -0.2) is 38.0 Å². The van der Waals surface area contributed by atoms with Crippen LogP contribution >= 0.6 is 0 Å². The average molecular weight is 398 g/mol. The van der Waals surface area contributed by atoms with E-state index in [4.69, 9.17) is 0 Å². The largest absolute Gasteiger partial charge is 0.368 e. The normalized spacial score (nSPS) is 11.0. The summed E-state index contributed by atoms with van der Waals surface area (Å²) in [6.45, 7) is 3.44. The quantitative estimate of drug-likeness (QED) is 0.539. The summed E-state index contributed by atoms with van der Waals surface area (Å²) in [5, 5.41) is 6.35. The maximum atomic E-state index is 12.9. The Morgan fingerprint density at radius 3 is 2.11 bits per heavy atom. The smallest absolute Gasteiger partial charge is 0.265 e. The van der Waals surface area contributed by atoms with Gasteiger partial charge in [0.2, 0.25) is 0 Å². The fourth-order valence-corrected chi connectivity index (χ4v) is 4.12. The second kappa shape index (κ2) is 9.18. The molecule has 0 saturated carbocycles. The molecule has 1 aromatic carbocycles.